The van der Waals surface area contributed by atoms with Crippen LogP contribution in [0, 0.1) is 5.82 Å². The average Bonchev–Trinajstić information content (AvgIpc) is 2.44. The van der Waals surface area contributed by atoms with Gasteiger partial charge in [-0.3, -0.25) is 0 Å². The molecule has 2 rings (SSSR count). The molecule has 1 atom stereocenters. The third-order valence-corrected chi connectivity index (χ3v) is 4.54. The van der Waals surface area contributed by atoms with E-state index in [1.54, 1.807) is 23.9 Å². The highest BCUT2D eigenvalue weighted by molar-refractivity contribution is 7.99. The summed E-state index contributed by atoms with van der Waals surface area (Å²) in [5, 5.41) is 0. The first-order valence-electron chi connectivity index (χ1n) is 7.10. The van der Waals surface area contributed by atoms with Crippen LogP contribution in [0.25, 0.3) is 0 Å². The molecular formula is C18H22FNS. The fraction of sp³-hybridized carbons (Fsp3) is 0.333. The van der Waals surface area contributed by atoms with E-state index in [9.17, 15) is 4.39 Å². The Hall–Kier alpha value is -1.32. The van der Waals surface area contributed by atoms with Gasteiger partial charge in [-0.1, -0.05) is 51.1 Å². The van der Waals surface area contributed by atoms with Crippen LogP contribution in [-0.2, 0) is 5.41 Å². The van der Waals surface area contributed by atoms with Crippen LogP contribution in [0.4, 0.5) is 4.39 Å². The van der Waals surface area contributed by atoms with E-state index >= 15 is 0 Å². The van der Waals surface area contributed by atoms with Gasteiger partial charge in [0.1, 0.15) is 5.82 Å². The first-order chi connectivity index (χ1) is 9.86. The van der Waals surface area contributed by atoms with E-state index in [1.165, 1.54) is 11.6 Å². The van der Waals surface area contributed by atoms with Gasteiger partial charge < -0.3 is 5.73 Å². The van der Waals surface area contributed by atoms with Crippen LogP contribution in [0.2, 0.25) is 0 Å². The van der Waals surface area contributed by atoms with Gasteiger partial charge >= 0.3 is 0 Å². The molecule has 0 aliphatic rings. The van der Waals surface area contributed by atoms with E-state index in [2.05, 4.69) is 45.0 Å². The Morgan fingerprint density at radius 1 is 1.10 bits per heavy atom. The first-order valence-corrected chi connectivity index (χ1v) is 8.09. The second-order valence-electron chi connectivity index (χ2n) is 6.25. The summed E-state index contributed by atoms with van der Waals surface area (Å²) in [6.07, 6.45) is 0. The van der Waals surface area contributed by atoms with Crippen LogP contribution in [0.15, 0.2) is 53.4 Å². The molecule has 0 radical (unpaired) electrons. The van der Waals surface area contributed by atoms with Crippen molar-refractivity contribution in [3.8, 4) is 0 Å². The molecule has 1 unspecified atom stereocenters. The van der Waals surface area contributed by atoms with E-state index in [1.807, 2.05) is 6.07 Å². The zero-order chi connectivity index (χ0) is 15.5. The molecule has 0 aliphatic heterocycles. The first kappa shape index (κ1) is 16.1. The van der Waals surface area contributed by atoms with E-state index in [0.29, 0.717) is 0 Å². The molecule has 2 aromatic rings. The molecule has 2 aromatic carbocycles. The molecule has 0 aliphatic carbocycles. The zero-order valence-corrected chi connectivity index (χ0v) is 13.6. The molecule has 112 valence electrons. The fourth-order valence-corrected chi connectivity index (χ4v) is 3.00. The zero-order valence-electron chi connectivity index (χ0n) is 12.8. The molecule has 0 fully saturated rings. The number of hydrogen-bond acceptors (Lipinski definition) is 2. The Labute approximate surface area is 130 Å². The number of nitrogens with two attached hydrogens (primary N) is 1. The average molecular weight is 303 g/mol. The van der Waals surface area contributed by atoms with Crippen LogP contribution in [-0.4, -0.2) is 5.75 Å². The van der Waals surface area contributed by atoms with Crippen molar-refractivity contribution in [3.63, 3.8) is 0 Å². The lowest BCUT2D eigenvalue weighted by molar-refractivity contribution is 0.589. The van der Waals surface area contributed by atoms with Gasteiger partial charge in [0, 0.05) is 16.7 Å². The van der Waals surface area contributed by atoms with Gasteiger partial charge in [0.25, 0.3) is 0 Å². The number of thioether (sulfide) groups is 1. The van der Waals surface area contributed by atoms with E-state index in [4.69, 9.17) is 5.73 Å². The Morgan fingerprint density at radius 3 is 2.33 bits per heavy atom. The summed E-state index contributed by atoms with van der Waals surface area (Å²) in [5.74, 6) is 0.529. The van der Waals surface area contributed by atoms with Gasteiger partial charge in [-0.25, -0.2) is 4.39 Å². The molecular weight excluding hydrogens is 281 g/mol. The van der Waals surface area contributed by atoms with Crippen LogP contribution >= 0.6 is 11.8 Å². The van der Waals surface area contributed by atoms with Crippen molar-refractivity contribution < 1.29 is 4.39 Å². The Balaban J connectivity index is 1.99. The number of hydrogen-bond donors (Lipinski definition) is 1. The predicted octanol–water partition coefficient (Wildman–Crippen LogP) is 4.92. The summed E-state index contributed by atoms with van der Waals surface area (Å²) in [7, 11) is 0. The second kappa shape index (κ2) is 6.63. The van der Waals surface area contributed by atoms with Crippen molar-refractivity contribution in [1.29, 1.82) is 0 Å². The highest BCUT2D eigenvalue weighted by atomic mass is 32.2. The minimum absolute atomic E-state index is 0.0488. The fourth-order valence-electron chi connectivity index (χ4n) is 2.07. The molecule has 0 aromatic heterocycles. The largest absolute Gasteiger partial charge is 0.323 e. The minimum Gasteiger partial charge on any atom is -0.323 e. The summed E-state index contributed by atoms with van der Waals surface area (Å²) in [4.78, 5) is 0.914. The third kappa shape index (κ3) is 4.58. The van der Waals surface area contributed by atoms with Gasteiger partial charge in [-0.15, -0.1) is 11.8 Å². The summed E-state index contributed by atoms with van der Waals surface area (Å²) in [5.41, 5.74) is 8.80. The number of rotatable bonds is 4. The van der Waals surface area contributed by atoms with Gasteiger partial charge in [0.2, 0.25) is 0 Å². The van der Waals surface area contributed by atoms with Crippen molar-refractivity contribution in [1.82, 2.24) is 0 Å². The summed E-state index contributed by atoms with van der Waals surface area (Å²) in [6, 6.07) is 15.0. The van der Waals surface area contributed by atoms with Gasteiger partial charge in [-0.05, 0) is 34.7 Å². The predicted molar refractivity (Wildman–Crippen MR) is 89.2 cm³/mol. The normalized spacial score (nSPS) is 13.2. The molecule has 1 nitrogen and oxygen atoms in total. The van der Waals surface area contributed by atoms with Crippen LogP contribution in [0.1, 0.15) is 37.9 Å². The van der Waals surface area contributed by atoms with Crippen molar-refractivity contribution in [2.75, 3.05) is 5.75 Å². The summed E-state index contributed by atoms with van der Waals surface area (Å²) >= 11 is 1.58. The number of benzene rings is 2. The van der Waals surface area contributed by atoms with Crippen molar-refractivity contribution >= 4 is 11.8 Å². The lowest BCUT2D eigenvalue weighted by atomic mass is 9.86. The molecule has 3 heteroatoms. The van der Waals surface area contributed by atoms with Crippen LogP contribution in [0.3, 0.4) is 0 Å². The Morgan fingerprint density at radius 2 is 1.76 bits per heavy atom. The van der Waals surface area contributed by atoms with Crippen LogP contribution < -0.4 is 5.73 Å². The SMILES string of the molecule is CC(C)(C)c1ccc(C(N)CSc2cccc(F)c2)cc1. The smallest absolute Gasteiger partial charge is 0.124 e. The Bertz CT molecular complexity index is 587. The molecule has 21 heavy (non-hydrogen) atoms. The molecule has 0 saturated carbocycles. The minimum atomic E-state index is -0.205. The maximum atomic E-state index is 13.1. The second-order valence-corrected chi connectivity index (χ2v) is 7.34. The van der Waals surface area contributed by atoms with Crippen molar-refractivity contribution in [2.45, 2.75) is 37.1 Å². The highest BCUT2D eigenvalue weighted by Crippen LogP contribution is 2.26. The maximum Gasteiger partial charge on any atom is 0.124 e. The van der Waals surface area contributed by atoms with Gasteiger partial charge in [0.05, 0.1) is 0 Å². The molecule has 0 saturated heterocycles. The standard InChI is InChI=1S/C18H22FNS/c1-18(2,3)14-9-7-13(8-10-14)17(20)12-21-16-6-4-5-15(19)11-16/h4-11,17H,12,20H2,1-3H3. The molecule has 0 heterocycles. The van der Waals surface area contributed by atoms with E-state index < -0.39 is 0 Å². The van der Waals surface area contributed by atoms with Crippen LogP contribution in [0.5, 0.6) is 0 Å². The topological polar surface area (TPSA) is 26.0 Å². The quantitative estimate of drug-likeness (QED) is 0.812. The Kier molecular flexibility index (Phi) is 5.07. The van der Waals surface area contributed by atoms with Crippen molar-refractivity contribution in [2.24, 2.45) is 5.73 Å². The molecule has 0 spiro atoms. The van der Waals surface area contributed by atoms with E-state index in [0.717, 1.165) is 16.2 Å². The molecule has 2 N–H and O–H groups in total. The van der Waals surface area contributed by atoms with E-state index in [-0.39, 0.29) is 17.3 Å². The summed E-state index contributed by atoms with van der Waals surface area (Å²) in [6.45, 7) is 6.59. The van der Waals surface area contributed by atoms with Crippen molar-refractivity contribution in [3.05, 3.63) is 65.5 Å². The number of halogens is 1. The molecule has 0 amide bonds. The highest BCUT2D eigenvalue weighted by Gasteiger charge is 2.14. The summed E-state index contributed by atoms with van der Waals surface area (Å²) < 4.78 is 13.1. The third-order valence-electron chi connectivity index (χ3n) is 3.43. The van der Waals surface area contributed by atoms with Gasteiger partial charge in [-0.2, -0.15) is 0 Å². The monoisotopic (exact) mass is 303 g/mol. The lowest BCUT2D eigenvalue weighted by Gasteiger charge is -2.20. The maximum absolute atomic E-state index is 13.1. The lowest BCUT2D eigenvalue weighted by Crippen LogP contribution is -2.15. The molecule has 0 bridgehead atoms. The van der Waals surface area contributed by atoms with Gasteiger partial charge in [0.15, 0.2) is 0 Å².